The molecule has 1 saturated carbocycles. The van der Waals surface area contributed by atoms with Crippen molar-refractivity contribution < 1.29 is 9.53 Å². The van der Waals surface area contributed by atoms with Gasteiger partial charge in [0, 0.05) is 30.4 Å². The molecule has 4 N–H and O–H groups in total. The van der Waals surface area contributed by atoms with Crippen LogP contribution in [0.1, 0.15) is 51.5 Å². The Labute approximate surface area is 197 Å². The maximum absolute atomic E-state index is 13.7. The number of fused-ring (bicyclic) bond motifs is 3. The third kappa shape index (κ3) is 3.82. The second-order valence-electron chi connectivity index (χ2n) is 9.41. The molecule has 7 nitrogen and oxygen atoms in total. The Morgan fingerprint density at radius 2 is 1.84 bits per heavy atom. The standard InChI is InChI=1S/C23H27Cl2N5O2/c1-22(2)10-14-18(32-22)9-8-17-19(14)29-23(28-17,21(31)27-13-6-4-3-5-7-13)30-20-15(24)11-26-12-16(20)25/h8-9,11-13,28-29H,3-7,10H2,1-2H3,(H,26,30)(H,27,31). The summed E-state index contributed by atoms with van der Waals surface area (Å²) in [4.78, 5) is 17.7. The number of halogens is 2. The van der Waals surface area contributed by atoms with E-state index >= 15 is 0 Å². The first kappa shape index (κ1) is 21.5. The number of nitrogens with one attached hydrogen (secondary N) is 4. The van der Waals surface area contributed by atoms with E-state index in [0.29, 0.717) is 15.7 Å². The number of benzene rings is 1. The van der Waals surface area contributed by atoms with Gasteiger partial charge in [0.1, 0.15) is 11.4 Å². The zero-order valence-corrected chi connectivity index (χ0v) is 19.7. The lowest BCUT2D eigenvalue weighted by molar-refractivity contribution is -0.124. The number of aromatic nitrogens is 1. The van der Waals surface area contributed by atoms with Crippen LogP contribution in [0.15, 0.2) is 24.5 Å². The van der Waals surface area contributed by atoms with E-state index in [2.05, 4.69) is 40.1 Å². The maximum atomic E-state index is 13.7. The zero-order valence-electron chi connectivity index (χ0n) is 18.1. The van der Waals surface area contributed by atoms with Gasteiger partial charge in [-0.2, -0.15) is 0 Å². The number of carbonyl (C=O) groups is 1. The summed E-state index contributed by atoms with van der Waals surface area (Å²) in [7, 11) is 0. The second-order valence-corrected chi connectivity index (χ2v) is 10.2. The van der Waals surface area contributed by atoms with Crippen LogP contribution in [0.2, 0.25) is 10.0 Å². The van der Waals surface area contributed by atoms with Crippen molar-refractivity contribution in [2.24, 2.45) is 0 Å². The van der Waals surface area contributed by atoms with Gasteiger partial charge in [-0.15, -0.1) is 0 Å². The van der Waals surface area contributed by atoms with E-state index in [9.17, 15) is 4.79 Å². The highest BCUT2D eigenvalue weighted by Crippen LogP contribution is 2.47. The Bertz CT molecular complexity index is 1050. The van der Waals surface area contributed by atoms with Crippen molar-refractivity contribution >= 4 is 46.2 Å². The first-order chi connectivity index (χ1) is 15.3. The molecule has 1 aliphatic carbocycles. The van der Waals surface area contributed by atoms with Crippen LogP contribution in [0, 0.1) is 0 Å². The van der Waals surface area contributed by atoms with Gasteiger partial charge in [0.05, 0.1) is 27.1 Å². The van der Waals surface area contributed by atoms with E-state index in [1.807, 2.05) is 12.1 Å². The Hall–Kier alpha value is -2.38. The fourth-order valence-electron chi connectivity index (χ4n) is 4.82. The molecule has 5 rings (SSSR count). The van der Waals surface area contributed by atoms with Crippen molar-refractivity contribution in [1.29, 1.82) is 0 Å². The molecule has 0 radical (unpaired) electrons. The van der Waals surface area contributed by atoms with Crippen LogP contribution >= 0.6 is 23.2 Å². The van der Waals surface area contributed by atoms with E-state index in [1.165, 1.54) is 18.8 Å². The van der Waals surface area contributed by atoms with Gasteiger partial charge in [-0.3, -0.25) is 9.78 Å². The van der Waals surface area contributed by atoms with Gasteiger partial charge in [0.2, 0.25) is 0 Å². The summed E-state index contributed by atoms with van der Waals surface area (Å²) in [5.41, 5.74) is 2.84. The number of rotatable bonds is 4. The maximum Gasteiger partial charge on any atom is 0.288 e. The van der Waals surface area contributed by atoms with Gasteiger partial charge >= 0.3 is 0 Å². The molecule has 2 aliphatic heterocycles. The summed E-state index contributed by atoms with van der Waals surface area (Å²) in [6, 6.07) is 4.01. The Kier molecular flexibility index (Phi) is 5.29. The van der Waals surface area contributed by atoms with Crippen molar-refractivity contribution in [2.45, 2.75) is 69.8 Å². The SMILES string of the molecule is CC1(C)Cc2c(ccc3c2NC(Nc2c(Cl)cncc2Cl)(C(=O)NC2CCCCC2)N3)O1. The van der Waals surface area contributed by atoms with Crippen LogP contribution in [0.4, 0.5) is 17.1 Å². The van der Waals surface area contributed by atoms with Crippen molar-refractivity contribution in [3.05, 3.63) is 40.1 Å². The molecule has 1 fully saturated rings. The molecule has 1 atom stereocenters. The monoisotopic (exact) mass is 475 g/mol. The minimum Gasteiger partial charge on any atom is -0.487 e. The normalized spacial score (nSPS) is 23.4. The third-order valence-electron chi connectivity index (χ3n) is 6.34. The molecule has 1 aromatic carbocycles. The van der Waals surface area contributed by atoms with E-state index in [0.717, 1.165) is 54.8 Å². The molecule has 0 spiro atoms. The minimum atomic E-state index is -1.36. The lowest BCUT2D eigenvalue weighted by atomic mass is 9.95. The van der Waals surface area contributed by atoms with Gasteiger partial charge < -0.3 is 26.0 Å². The van der Waals surface area contributed by atoms with Crippen LogP contribution in [0.5, 0.6) is 5.75 Å². The summed E-state index contributed by atoms with van der Waals surface area (Å²) in [5.74, 6) is -0.751. The average Bonchev–Trinajstić information content (AvgIpc) is 3.28. The molecule has 2 aromatic rings. The minimum absolute atomic E-state index is 0.138. The molecule has 170 valence electrons. The molecule has 3 aliphatic rings. The number of ether oxygens (including phenoxy) is 1. The largest absolute Gasteiger partial charge is 0.487 e. The molecule has 0 bridgehead atoms. The van der Waals surface area contributed by atoms with E-state index in [4.69, 9.17) is 27.9 Å². The van der Waals surface area contributed by atoms with E-state index in [-0.39, 0.29) is 17.6 Å². The first-order valence-corrected chi connectivity index (χ1v) is 11.8. The van der Waals surface area contributed by atoms with Crippen LogP contribution in [-0.2, 0) is 11.2 Å². The highest BCUT2D eigenvalue weighted by molar-refractivity contribution is 6.39. The highest BCUT2D eigenvalue weighted by atomic mass is 35.5. The second kappa shape index (κ2) is 7.89. The number of pyridine rings is 1. The predicted molar refractivity (Wildman–Crippen MR) is 128 cm³/mol. The molecule has 3 heterocycles. The fraction of sp³-hybridized carbons (Fsp3) is 0.478. The summed E-state index contributed by atoms with van der Waals surface area (Å²) >= 11 is 12.8. The Morgan fingerprint density at radius 1 is 1.12 bits per heavy atom. The number of carbonyl (C=O) groups excluding carboxylic acids is 1. The van der Waals surface area contributed by atoms with Crippen LogP contribution < -0.4 is 26.0 Å². The summed E-state index contributed by atoms with van der Waals surface area (Å²) in [5, 5.41) is 13.9. The lowest BCUT2D eigenvalue weighted by Gasteiger charge is -2.34. The van der Waals surface area contributed by atoms with Crippen molar-refractivity contribution in [3.8, 4) is 5.75 Å². The molecule has 0 saturated heterocycles. The highest BCUT2D eigenvalue weighted by Gasteiger charge is 2.48. The number of anilines is 3. The lowest BCUT2D eigenvalue weighted by Crippen LogP contribution is -2.62. The van der Waals surface area contributed by atoms with Crippen LogP contribution in [0.25, 0.3) is 0 Å². The van der Waals surface area contributed by atoms with Crippen LogP contribution in [-0.4, -0.2) is 28.3 Å². The summed E-state index contributed by atoms with van der Waals surface area (Å²) < 4.78 is 6.09. The molecule has 32 heavy (non-hydrogen) atoms. The Balaban J connectivity index is 1.51. The van der Waals surface area contributed by atoms with Gasteiger partial charge in [-0.25, -0.2) is 0 Å². The topological polar surface area (TPSA) is 87.3 Å². The van der Waals surface area contributed by atoms with Crippen molar-refractivity contribution in [3.63, 3.8) is 0 Å². The molecule has 9 heteroatoms. The number of hydrogen-bond acceptors (Lipinski definition) is 6. The number of nitrogens with zero attached hydrogens (tertiary/aromatic N) is 1. The molecule has 1 aromatic heterocycles. The fourth-order valence-corrected chi connectivity index (χ4v) is 5.28. The Morgan fingerprint density at radius 3 is 2.56 bits per heavy atom. The average molecular weight is 476 g/mol. The summed E-state index contributed by atoms with van der Waals surface area (Å²) in [6.45, 7) is 4.11. The van der Waals surface area contributed by atoms with Crippen molar-refractivity contribution in [1.82, 2.24) is 10.3 Å². The zero-order chi connectivity index (χ0) is 22.5. The number of amides is 1. The smallest absolute Gasteiger partial charge is 0.288 e. The summed E-state index contributed by atoms with van der Waals surface area (Å²) in [6.07, 6.45) is 9.13. The van der Waals surface area contributed by atoms with Crippen molar-refractivity contribution in [2.75, 3.05) is 16.0 Å². The first-order valence-electron chi connectivity index (χ1n) is 11.1. The van der Waals surface area contributed by atoms with E-state index < -0.39 is 5.79 Å². The molecule has 1 unspecified atom stereocenters. The quantitative estimate of drug-likeness (QED) is 0.488. The predicted octanol–water partition coefficient (Wildman–Crippen LogP) is 5.15. The molecular formula is C23H27Cl2N5O2. The molecule has 1 amide bonds. The van der Waals surface area contributed by atoms with Crippen LogP contribution in [0.3, 0.4) is 0 Å². The van der Waals surface area contributed by atoms with Gasteiger partial charge in [-0.05, 0) is 38.8 Å². The molecular weight excluding hydrogens is 449 g/mol. The van der Waals surface area contributed by atoms with Gasteiger partial charge in [0.25, 0.3) is 11.7 Å². The number of hydrogen-bond donors (Lipinski definition) is 4. The third-order valence-corrected chi connectivity index (χ3v) is 6.91. The van der Waals surface area contributed by atoms with Gasteiger partial charge in [-0.1, -0.05) is 42.5 Å². The van der Waals surface area contributed by atoms with Gasteiger partial charge in [0.15, 0.2) is 0 Å². The van der Waals surface area contributed by atoms with E-state index in [1.54, 1.807) is 0 Å².